The summed E-state index contributed by atoms with van der Waals surface area (Å²) in [6.45, 7) is 3.24. The predicted molar refractivity (Wildman–Crippen MR) is 76.5 cm³/mol. The van der Waals surface area contributed by atoms with Gasteiger partial charge in [0.25, 0.3) is 0 Å². The number of halogens is 2. The summed E-state index contributed by atoms with van der Waals surface area (Å²) < 4.78 is 0.979. The first kappa shape index (κ1) is 13.3. The number of likely N-dealkylation sites (N-methyl/N-ethyl adjacent to an activating group) is 1. The highest BCUT2D eigenvalue weighted by molar-refractivity contribution is 9.10. The number of piperidine rings is 1. The first-order chi connectivity index (χ1) is 8.16. The highest BCUT2D eigenvalue weighted by atomic mass is 79.9. The summed E-state index contributed by atoms with van der Waals surface area (Å²) in [5.74, 6) is 0. The van der Waals surface area contributed by atoms with Gasteiger partial charge in [0.1, 0.15) is 0 Å². The quantitative estimate of drug-likeness (QED) is 0.920. The zero-order chi connectivity index (χ0) is 12.3. The Labute approximate surface area is 116 Å². The average Bonchev–Trinajstić information content (AvgIpc) is 2.35. The van der Waals surface area contributed by atoms with Gasteiger partial charge in [0.05, 0.1) is 5.02 Å². The van der Waals surface area contributed by atoms with Crippen molar-refractivity contribution in [2.45, 2.75) is 25.4 Å². The minimum Gasteiger partial charge on any atom is -0.315 e. The van der Waals surface area contributed by atoms with Crippen molar-refractivity contribution in [1.29, 1.82) is 0 Å². The monoisotopic (exact) mass is 316 g/mol. The Morgan fingerprint density at radius 1 is 1.53 bits per heavy atom. The molecule has 0 saturated carbocycles. The normalized spacial score (nSPS) is 20.8. The Kier molecular flexibility index (Phi) is 4.86. The third-order valence-corrected chi connectivity index (χ3v) is 4.52. The van der Waals surface area contributed by atoms with E-state index in [4.69, 9.17) is 11.6 Å². The van der Waals surface area contributed by atoms with Crippen molar-refractivity contribution < 1.29 is 0 Å². The van der Waals surface area contributed by atoms with Crippen molar-refractivity contribution >= 4 is 27.5 Å². The summed E-state index contributed by atoms with van der Waals surface area (Å²) in [5, 5.41) is 4.22. The Morgan fingerprint density at radius 2 is 2.35 bits per heavy atom. The highest BCUT2D eigenvalue weighted by Gasteiger charge is 2.17. The molecule has 1 fully saturated rings. The van der Waals surface area contributed by atoms with Gasteiger partial charge in [-0.15, -0.1) is 0 Å². The summed E-state index contributed by atoms with van der Waals surface area (Å²) >= 11 is 9.46. The number of nitrogens with one attached hydrogen (secondary N) is 1. The summed E-state index contributed by atoms with van der Waals surface area (Å²) in [5.41, 5.74) is 1.30. The van der Waals surface area contributed by atoms with Gasteiger partial charge in [0, 0.05) is 23.6 Å². The van der Waals surface area contributed by atoms with Gasteiger partial charge in [0.2, 0.25) is 0 Å². The van der Waals surface area contributed by atoms with Crippen LogP contribution >= 0.6 is 27.5 Å². The van der Waals surface area contributed by atoms with Gasteiger partial charge in [0.15, 0.2) is 0 Å². The van der Waals surface area contributed by atoms with Crippen LogP contribution in [0.25, 0.3) is 0 Å². The van der Waals surface area contributed by atoms with Crippen LogP contribution in [0.5, 0.6) is 0 Å². The van der Waals surface area contributed by atoms with E-state index in [0.29, 0.717) is 6.04 Å². The maximum absolute atomic E-state index is 6.00. The van der Waals surface area contributed by atoms with Crippen LogP contribution in [0.4, 0.5) is 0 Å². The van der Waals surface area contributed by atoms with Crippen LogP contribution in [0.3, 0.4) is 0 Å². The number of rotatable bonds is 3. The Balaban J connectivity index is 1.96. The van der Waals surface area contributed by atoms with Crippen molar-refractivity contribution in [3.8, 4) is 0 Å². The third kappa shape index (κ3) is 3.68. The van der Waals surface area contributed by atoms with Gasteiger partial charge in [-0.3, -0.25) is 4.90 Å². The SMILES string of the molecule is CN(Cc1ccc(Cl)c(Br)c1)C1CCCNC1. The molecule has 1 unspecified atom stereocenters. The minimum atomic E-state index is 0.651. The molecule has 0 spiro atoms. The number of hydrogen-bond acceptors (Lipinski definition) is 2. The lowest BCUT2D eigenvalue weighted by molar-refractivity contribution is 0.196. The second kappa shape index (κ2) is 6.19. The molecule has 1 heterocycles. The van der Waals surface area contributed by atoms with Crippen molar-refractivity contribution in [1.82, 2.24) is 10.2 Å². The maximum atomic E-state index is 6.00. The second-order valence-electron chi connectivity index (χ2n) is 4.66. The van der Waals surface area contributed by atoms with Crippen molar-refractivity contribution in [2.24, 2.45) is 0 Å². The molecule has 0 radical (unpaired) electrons. The topological polar surface area (TPSA) is 15.3 Å². The molecular weight excluding hydrogens is 300 g/mol. The molecule has 94 valence electrons. The van der Waals surface area contributed by atoms with Gasteiger partial charge < -0.3 is 5.32 Å². The fourth-order valence-corrected chi connectivity index (χ4v) is 2.81. The molecular formula is C13H18BrClN2. The Morgan fingerprint density at radius 3 is 3.00 bits per heavy atom. The molecule has 2 rings (SSSR count). The van der Waals surface area contributed by atoms with Gasteiger partial charge in [-0.05, 0) is 60.1 Å². The standard InChI is InChI=1S/C13H18BrClN2/c1-17(11-3-2-6-16-8-11)9-10-4-5-13(15)12(14)7-10/h4-5,7,11,16H,2-3,6,8-9H2,1H3. The van der Waals surface area contributed by atoms with E-state index >= 15 is 0 Å². The van der Waals surface area contributed by atoms with E-state index < -0.39 is 0 Å². The van der Waals surface area contributed by atoms with Crippen LogP contribution in [0.1, 0.15) is 18.4 Å². The maximum Gasteiger partial charge on any atom is 0.0548 e. The van der Waals surface area contributed by atoms with Crippen LogP contribution in [0.2, 0.25) is 5.02 Å². The van der Waals surface area contributed by atoms with Crippen LogP contribution < -0.4 is 5.32 Å². The lowest BCUT2D eigenvalue weighted by Gasteiger charge is -2.31. The summed E-state index contributed by atoms with van der Waals surface area (Å²) in [6, 6.07) is 6.81. The van der Waals surface area contributed by atoms with Crippen molar-refractivity contribution in [2.75, 3.05) is 20.1 Å². The smallest absolute Gasteiger partial charge is 0.0548 e. The van der Waals surface area contributed by atoms with Crippen molar-refractivity contribution in [3.05, 3.63) is 33.3 Å². The second-order valence-corrected chi connectivity index (χ2v) is 5.93. The molecule has 0 aromatic heterocycles. The van der Waals surface area contributed by atoms with Crippen LogP contribution in [0.15, 0.2) is 22.7 Å². The van der Waals surface area contributed by atoms with Crippen LogP contribution in [-0.4, -0.2) is 31.1 Å². The summed E-state index contributed by atoms with van der Waals surface area (Å²) in [6.07, 6.45) is 2.57. The van der Waals surface area contributed by atoms with Crippen molar-refractivity contribution in [3.63, 3.8) is 0 Å². The lowest BCUT2D eigenvalue weighted by atomic mass is 10.1. The molecule has 1 saturated heterocycles. The van der Waals surface area contributed by atoms with Gasteiger partial charge >= 0.3 is 0 Å². The lowest BCUT2D eigenvalue weighted by Crippen LogP contribution is -2.43. The predicted octanol–water partition coefficient (Wildman–Crippen LogP) is 3.29. The fraction of sp³-hybridized carbons (Fsp3) is 0.538. The van der Waals surface area contributed by atoms with Crippen LogP contribution in [-0.2, 0) is 6.54 Å². The molecule has 1 aliphatic heterocycles. The molecule has 1 aromatic rings. The molecule has 0 amide bonds. The molecule has 0 bridgehead atoms. The molecule has 2 nitrogen and oxygen atoms in total. The van der Waals surface area contributed by atoms with E-state index in [1.165, 1.54) is 18.4 Å². The first-order valence-electron chi connectivity index (χ1n) is 6.01. The zero-order valence-corrected chi connectivity index (χ0v) is 12.4. The number of benzene rings is 1. The number of hydrogen-bond donors (Lipinski definition) is 1. The third-order valence-electron chi connectivity index (χ3n) is 3.31. The average molecular weight is 318 g/mol. The zero-order valence-electron chi connectivity index (χ0n) is 10.0. The molecule has 0 aliphatic carbocycles. The molecule has 4 heteroatoms. The van der Waals surface area contributed by atoms with Gasteiger partial charge in [-0.25, -0.2) is 0 Å². The van der Waals surface area contributed by atoms with E-state index in [0.717, 1.165) is 29.1 Å². The summed E-state index contributed by atoms with van der Waals surface area (Å²) in [7, 11) is 2.19. The minimum absolute atomic E-state index is 0.651. The van der Waals surface area contributed by atoms with Gasteiger partial charge in [-0.2, -0.15) is 0 Å². The number of nitrogens with zero attached hydrogens (tertiary/aromatic N) is 1. The Hall–Kier alpha value is -0.0900. The highest BCUT2D eigenvalue weighted by Crippen LogP contribution is 2.24. The van der Waals surface area contributed by atoms with E-state index in [1.54, 1.807) is 0 Å². The fourth-order valence-electron chi connectivity index (χ4n) is 2.26. The largest absolute Gasteiger partial charge is 0.315 e. The molecule has 1 aliphatic rings. The summed E-state index contributed by atoms with van der Waals surface area (Å²) in [4.78, 5) is 2.42. The van der Waals surface area contributed by atoms with E-state index in [1.807, 2.05) is 6.07 Å². The van der Waals surface area contributed by atoms with E-state index in [-0.39, 0.29) is 0 Å². The molecule has 1 N–H and O–H groups in total. The first-order valence-corrected chi connectivity index (χ1v) is 7.19. The molecule has 17 heavy (non-hydrogen) atoms. The Bertz CT molecular complexity index is 378. The molecule has 1 aromatic carbocycles. The molecule has 1 atom stereocenters. The van der Waals surface area contributed by atoms with E-state index in [2.05, 4.69) is 45.3 Å². The van der Waals surface area contributed by atoms with E-state index in [9.17, 15) is 0 Å². The van der Waals surface area contributed by atoms with Gasteiger partial charge in [-0.1, -0.05) is 17.7 Å². The van der Waals surface area contributed by atoms with Crippen LogP contribution in [0, 0.1) is 0 Å².